The fourth-order valence-corrected chi connectivity index (χ4v) is 6.30. The summed E-state index contributed by atoms with van der Waals surface area (Å²) in [5, 5.41) is 7.54. The van der Waals surface area contributed by atoms with E-state index < -0.39 is 11.7 Å². The minimum Gasteiger partial charge on any atom is -0.497 e. The number of fused-ring (bicyclic) bond motifs is 4. The zero-order valence-corrected chi connectivity index (χ0v) is 26.9. The number of amides is 1. The molecule has 11 nitrogen and oxygen atoms in total. The van der Waals surface area contributed by atoms with Crippen LogP contribution in [0.3, 0.4) is 0 Å². The Bertz CT molecular complexity index is 1680. The van der Waals surface area contributed by atoms with Gasteiger partial charge in [-0.15, -0.1) is 0 Å². The highest BCUT2D eigenvalue weighted by atomic mass is 16.6. The SMILES string of the molecule is CCCCc1nc2c(NCc3ccc(OC)cc3OC)nc3ccccc3c2n1[C@H]1CO[C@H]2[C@@H]1OC[C@@H]2NC(=O)OC(C)(C)C. The van der Waals surface area contributed by atoms with Gasteiger partial charge in [-0.05, 0) is 45.4 Å². The van der Waals surface area contributed by atoms with E-state index in [0.717, 1.165) is 64.1 Å². The summed E-state index contributed by atoms with van der Waals surface area (Å²) in [5.41, 5.74) is 3.05. The van der Waals surface area contributed by atoms with E-state index in [-0.39, 0.29) is 24.3 Å². The molecular formula is C34H43N5O6. The van der Waals surface area contributed by atoms with Gasteiger partial charge >= 0.3 is 6.09 Å². The number of anilines is 1. The van der Waals surface area contributed by atoms with Gasteiger partial charge in [0.2, 0.25) is 0 Å². The topological polar surface area (TPSA) is 118 Å². The van der Waals surface area contributed by atoms with E-state index in [0.29, 0.717) is 25.6 Å². The quantitative estimate of drug-likeness (QED) is 0.228. The molecule has 0 spiro atoms. The maximum absolute atomic E-state index is 12.6. The largest absolute Gasteiger partial charge is 0.497 e. The second-order valence-electron chi connectivity index (χ2n) is 12.6. The minimum absolute atomic E-state index is 0.127. The van der Waals surface area contributed by atoms with Crippen LogP contribution in [-0.4, -0.2) is 71.9 Å². The van der Waals surface area contributed by atoms with Crippen LogP contribution in [0.15, 0.2) is 42.5 Å². The van der Waals surface area contributed by atoms with Crippen LogP contribution >= 0.6 is 0 Å². The van der Waals surface area contributed by atoms with Crippen LogP contribution < -0.4 is 20.1 Å². The number of carbonyl (C=O) groups is 1. The summed E-state index contributed by atoms with van der Waals surface area (Å²) in [4.78, 5) is 22.9. The molecule has 0 aliphatic carbocycles. The van der Waals surface area contributed by atoms with Crippen LogP contribution in [0.25, 0.3) is 21.9 Å². The smallest absolute Gasteiger partial charge is 0.408 e. The zero-order chi connectivity index (χ0) is 31.7. The van der Waals surface area contributed by atoms with E-state index in [1.807, 2.05) is 57.2 Å². The van der Waals surface area contributed by atoms with Gasteiger partial charge in [0.25, 0.3) is 0 Å². The zero-order valence-electron chi connectivity index (χ0n) is 26.9. The molecule has 11 heteroatoms. The summed E-state index contributed by atoms with van der Waals surface area (Å²) in [5.74, 6) is 3.13. The minimum atomic E-state index is -0.592. The highest BCUT2D eigenvalue weighted by molar-refractivity contribution is 6.07. The van der Waals surface area contributed by atoms with Gasteiger partial charge in [0, 0.05) is 30.0 Å². The molecule has 6 rings (SSSR count). The number of hydrogen-bond donors (Lipinski definition) is 2. The van der Waals surface area contributed by atoms with Crippen molar-refractivity contribution in [1.82, 2.24) is 19.9 Å². The number of alkyl carbamates (subject to hydrolysis) is 1. The van der Waals surface area contributed by atoms with Gasteiger partial charge in [0.1, 0.15) is 40.6 Å². The fraction of sp³-hybridized carbons (Fsp3) is 0.500. The van der Waals surface area contributed by atoms with Gasteiger partial charge in [-0.1, -0.05) is 31.5 Å². The molecule has 2 saturated heterocycles. The number of nitrogens with one attached hydrogen (secondary N) is 2. The van der Waals surface area contributed by atoms with E-state index in [9.17, 15) is 4.79 Å². The molecular weight excluding hydrogens is 574 g/mol. The third kappa shape index (κ3) is 6.24. The van der Waals surface area contributed by atoms with Crippen molar-refractivity contribution in [2.24, 2.45) is 0 Å². The fourth-order valence-electron chi connectivity index (χ4n) is 6.30. The summed E-state index contributed by atoms with van der Waals surface area (Å²) in [6.07, 6.45) is 1.81. The van der Waals surface area contributed by atoms with Gasteiger partial charge in [-0.2, -0.15) is 0 Å². The Balaban J connectivity index is 1.38. The van der Waals surface area contributed by atoms with E-state index in [4.69, 9.17) is 33.7 Å². The number of carbonyl (C=O) groups excluding carboxylic acids is 1. The van der Waals surface area contributed by atoms with E-state index in [1.54, 1.807) is 14.2 Å². The molecule has 2 fully saturated rings. The number of methoxy groups -OCH3 is 2. The standard InChI is InChI=1S/C34H43N5O6/c1-7-8-13-27-38-28-29(39(27)25-19-44-30-24(18-43-31(25)30)37-33(40)45-34(2,3)4)22-11-9-10-12-23(22)36-32(28)35-17-20-14-15-21(41-5)16-26(20)42-6/h9-12,14-16,24-25,30-31H,7-8,13,17-19H2,1-6H3,(H,35,36)(H,37,40)/t24-,25-,30+,31+/m0/s1. The summed E-state index contributed by atoms with van der Waals surface area (Å²) in [6, 6.07) is 13.5. The Labute approximate surface area is 263 Å². The number of rotatable bonds is 10. The van der Waals surface area contributed by atoms with Crippen LogP contribution in [0, 0.1) is 0 Å². The highest BCUT2D eigenvalue weighted by Gasteiger charge is 2.50. The molecule has 0 saturated carbocycles. The molecule has 2 N–H and O–H groups in total. The normalized spacial score (nSPS) is 21.2. The third-order valence-corrected chi connectivity index (χ3v) is 8.36. The van der Waals surface area contributed by atoms with Crippen molar-refractivity contribution in [2.45, 2.75) is 83.4 Å². The highest BCUT2D eigenvalue weighted by Crippen LogP contribution is 2.40. The van der Waals surface area contributed by atoms with Crippen molar-refractivity contribution in [3.8, 4) is 11.5 Å². The van der Waals surface area contributed by atoms with Crippen LogP contribution in [0.4, 0.5) is 10.6 Å². The molecule has 4 heterocycles. The van der Waals surface area contributed by atoms with Crippen molar-refractivity contribution in [3.63, 3.8) is 0 Å². The lowest BCUT2D eigenvalue weighted by molar-refractivity contribution is 0.0405. The maximum Gasteiger partial charge on any atom is 0.408 e. The first kappa shape index (κ1) is 30.9. The lowest BCUT2D eigenvalue weighted by Gasteiger charge is -2.23. The third-order valence-electron chi connectivity index (χ3n) is 8.36. The Morgan fingerprint density at radius 2 is 1.84 bits per heavy atom. The summed E-state index contributed by atoms with van der Waals surface area (Å²) >= 11 is 0. The Morgan fingerprint density at radius 3 is 2.60 bits per heavy atom. The molecule has 0 unspecified atom stereocenters. The lowest BCUT2D eigenvalue weighted by Crippen LogP contribution is -2.46. The molecule has 1 amide bonds. The Hall–Kier alpha value is -4.09. The molecule has 0 bridgehead atoms. The van der Waals surface area contributed by atoms with Crippen LogP contribution in [0.1, 0.15) is 58.0 Å². The first-order chi connectivity index (χ1) is 21.7. The molecule has 4 aromatic rings. The average molecular weight is 618 g/mol. The van der Waals surface area contributed by atoms with Gasteiger partial charge in [-0.3, -0.25) is 0 Å². The number of aromatic nitrogens is 3. The van der Waals surface area contributed by atoms with Gasteiger partial charge in [-0.25, -0.2) is 14.8 Å². The second-order valence-corrected chi connectivity index (χ2v) is 12.6. The molecule has 240 valence electrons. The monoisotopic (exact) mass is 617 g/mol. The Kier molecular flexibility index (Phi) is 8.74. The molecule has 45 heavy (non-hydrogen) atoms. The van der Waals surface area contributed by atoms with Crippen molar-refractivity contribution < 1.29 is 28.5 Å². The number of nitrogens with zero attached hydrogens (tertiary/aromatic N) is 3. The number of aryl methyl sites for hydroxylation is 1. The predicted octanol–water partition coefficient (Wildman–Crippen LogP) is 5.79. The van der Waals surface area contributed by atoms with E-state index in [1.165, 1.54) is 0 Å². The molecule has 2 aliphatic rings. The number of pyridine rings is 1. The van der Waals surface area contributed by atoms with E-state index >= 15 is 0 Å². The number of benzene rings is 2. The van der Waals surface area contributed by atoms with E-state index in [2.05, 4.69) is 28.2 Å². The Morgan fingerprint density at radius 1 is 1.04 bits per heavy atom. The van der Waals surface area contributed by atoms with Crippen molar-refractivity contribution >= 4 is 33.8 Å². The maximum atomic E-state index is 12.6. The summed E-state index contributed by atoms with van der Waals surface area (Å²) < 4.78 is 31.6. The van der Waals surface area contributed by atoms with Crippen molar-refractivity contribution in [1.29, 1.82) is 0 Å². The van der Waals surface area contributed by atoms with Crippen LogP contribution in [-0.2, 0) is 27.2 Å². The first-order valence-corrected chi connectivity index (χ1v) is 15.7. The van der Waals surface area contributed by atoms with Gasteiger partial charge in [0.15, 0.2) is 5.82 Å². The van der Waals surface area contributed by atoms with Crippen LogP contribution in [0.5, 0.6) is 11.5 Å². The number of imidazole rings is 1. The number of hydrogen-bond acceptors (Lipinski definition) is 9. The lowest BCUT2D eigenvalue weighted by atomic mass is 10.0. The predicted molar refractivity (Wildman–Crippen MR) is 172 cm³/mol. The first-order valence-electron chi connectivity index (χ1n) is 15.7. The molecule has 4 atom stereocenters. The average Bonchev–Trinajstić information content (AvgIpc) is 3.72. The van der Waals surface area contributed by atoms with Crippen molar-refractivity contribution in [3.05, 3.63) is 53.9 Å². The molecule has 2 aromatic heterocycles. The number of unbranched alkanes of at least 4 members (excludes halogenated alkanes) is 1. The molecule has 2 aliphatic heterocycles. The molecule has 2 aromatic carbocycles. The van der Waals surface area contributed by atoms with Gasteiger partial charge < -0.3 is 38.9 Å². The summed E-state index contributed by atoms with van der Waals surface area (Å²) in [6.45, 7) is 9.00. The number of para-hydroxylation sites is 1. The summed E-state index contributed by atoms with van der Waals surface area (Å²) in [7, 11) is 3.29. The van der Waals surface area contributed by atoms with Gasteiger partial charge in [0.05, 0.1) is 50.6 Å². The molecule has 0 radical (unpaired) electrons. The van der Waals surface area contributed by atoms with Crippen LogP contribution in [0.2, 0.25) is 0 Å². The van der Waals surface area contributed by atoms with Crippen molar-refractivity contribution in [2.75, 3.05) is 32.8 Å². The second kappa shape index (κ2) is 12.7. The number of ether oxygens (including phenoxy) is 5.